The Kier molecular flexibility index (Phi) is 4.66. The van der Waals surface area contributed by atoms with Gasteiger partial charge in [-0.1, -0.05) is 35.9 Å². The van der Waals surface area contributed by atoms with Crippen LogP contribution in [0.25, 0.3) is 12.2 Å². The minimum atomic E-state index is -0.343. The second-order valence-electron chi connectivity index (χ2n) is 4.40. The smallest absolute Gasteiger partial charge is 0.340 e. The number of esters is 1. The van der Waals surface area contributed by atoms with Gasteiger partial charge in [0.1, 0.15) is 0 Å². The normalized spacial score (nSPS) is 10.7. The van der Waals surface area contributed by atoms with E-state index in [9.17, 15) is 4.79 Å². The average Bonchev–Trinajstić information content (AvgIpc) is 2.47. The van der Waals surface area contributed by atoms with Gasteiger partial charge in [0, 0.05) is 6.20 Å². The van der Waals surface area contributed by atoms with Crippen LogP contribution in [0, 0.1) is 6.92 Å². The Morgan fingerprint density at radius 2 is 1.95 bits per heavy atom. The Balaban J connectivity index is 2.24. The summed E-state index contributed by atoms with van der Waals surface area (Å²) in [6.45, 7) is 4.19. The average molecular weight is 267 g/mol. The second-order valence-corrected chi connectivity index (χ2v) is 4.40. The number of carbonyl (C=O) groups is 1. The van der Waals surface area contributed by atoms with Crippen LogP contribution in [-0.2, 0) is 4.74 Å². The van der Waals surface area contributed by atoms with Gasteiger partial charge < -0.3 is 4.74 Å². The monoisotopic (exact) mass is 267 g/mol. The second kappa shape index (κ2) is 6.66. The molecule has 1 aromatic carbocycles. The van der Waals surface area contributed by atoms with Crippen LogP contribution >= 0.6 is 0 Å². The molecule has 0 unspecified atom stereocenters. The standard InChI is InChI=1S/C17H17NO2/c1-3-20-17(19)15-5-4-12-18-16(15)11-10-14-8-6-13(2)7-9-14/h4-12H,3H2,1-2H3. The Labute approximate surface area is 118 Å². The first kappa shape index (κ1) is 14.0. The Hall–Kier alpha value is -2.42. The SMILES string of the molecule is CCOC(=O)c1cccnc1C=Cc1ccc(C)cc1. The van der Waals surface area contributed by atoms with Crippen molar-refractivity contribution in [3.63, 3.8) is 0 Å². The van der Waals surface area contributed by atoms with Crippen LogP contribution in [0.15, 0.2) is 42.6 Å². The van der Waals surface area contributed by atoms with Crippen molar-refractivity contribution in [3.05, 3.63) is 65.0 Å². The van der Waals surface area contributed by atoms with Crippen LogP contribution in [0.2, 0.25) is 0 Å². The molecule has 1 aromatic heterocycles. The first-order valence-electron chi connectivity index (χ1n) is 6.57. The number of pyridine rings is 1. The topological polar surface area (TPSA) is 39.2 Å². The number of aryl methyl sites for hydroxylation is 1. The fourth-order valence-electron chi connectivity index (χ4n) is 1.78. The molecule has 1 heterocycles. The molecular formula is C17H17NO2. The van der Waals surface area contributed by atoms with Gasteiger partial charge in [-0.2, -0.15) is 0 Å². The van der Waals surface area contributed by atoms with Gasteiger partial charge in [-0.25, -0.2) is 4.79 Å². The van der Waals surface area contributed by atoms with Crippen molar-refractivity contribution >= 4 is 18.1 Å². The first-order valence-corrected chi connectivity index (χ1v) is 6.57. The number of nitrogens with zero attached hydrogens (tertiary/aromatic N) is 1. The maximum Gasteiger partial charge on any atom is 0.340 e. The Bertz CT molecular complexity index is 615. The lowest BCUT2D eigenvalue weighted by atomic mass is 10.1. The minimum absolute atomic E-state index is 0.343. The van der Waals surface area contributed by atoms with E-state index in [1.807, 2.05) is 43.3 Å². The van der Waals surface area contributed by atoms with Gasteiger partial charge in [-0.15, -0.1) is 0 Å². The Morgan fingerprint density at radius 3 is 2.65 bits per heavy atom. The van der Waals surface area contributed by atoms with Crippen LogP contribution in [0.1, 0.15) is 34.1 Å². The molecule has 0 saturated heterocycles. The molecule has 0 saturated carbocycles. The van der Waals surface area contributed by atoms with E-state index in [1.165, 1.54) is 5.56 Å². The molecule has 0 atom stereocenters. The van der Waals surface area contributed by atoms with Crippen molar-refractivity contribution < 1.29 is 9.53 Å². The highest BCUT2D eigenvalue weighted by Gasteiger charge is 2.10. The summed E-state index contributed by atoms with van der Waals surface area (Å²) >= 11 is 0. The molecule has 0 radical (unpaired) electrons. The summed E-state index contributed by atoms with van der Waals surface area (Å²) in [5.74, 6) is -0.343. The van der Waals surface area contributed by atoms with Crippen molar-refractivity contribution in [2.24, 2.45) is 0 Å². The lowest BCUT2D eigenvalue weighted by Crippen LogP contribution is -2.07. The number of benzene rings is 1. The van der Waals surface area contributed by atoms with Crippen LogP contribution < -0.4 is 0 Å². The number of hydrogen-bond acceptors (Lipinski definition) is 3. The Morgan fingerprint density at radius 1 is 1.20 bits per heavy atom. The van der Waals surface area contributed by atoms with E-state index in [0.717, 1.165) is 5.56 Å². The summed E-state index contributed by atoms with van der Waals surface area (Å²) in [5, 5.41) is 0. The fraction of sp³-hybridized carbons (Fsp3) is 0.176. The first-order chi connectivity index (χ1) is 9.70. The summed E-state index contributed by atoms with van der Waals surface area (Å²) in [7, 11) is 0. The van der Waals surface area contributed by atoms with Crippen molar-refractivity contribution in [1.29, 1.82) is 0 Å². The highest BCUT2D eigenvalue weighted by atomic mass is 16.5. The largest absolute Gasteiger partial charge is 0.462 e. The molecule has 0 aliphatic heterocycles. The number of aromatic nitrogens is 1. The summed E-state index contributed by atoms with van der Waals surface area (Å²) in [6, 6.07) is 11.6. The maximum absolute atomic E-state index is 11.8. The third-order valence-electron chi connectivity index (χ3n) is 2.84. The molecule has 102 valence electrons. The predicted molar refractivity (Wildman–Crippen MR) is 80.3 cm³/mol. The van der Waals surface area contributed by atoms with Gasteiger partial charge >= 0.3 is 5.97 Å². The summed E-state index contributed by atoms with van der Waals surface area (Å²) < 4.78 is 5.02. The fourth-order valence-corrected chi connectivity index (χ4v) is 1.78. The van der Waals surface area contributed by atoms with Crippen LogP contribution in [0.3, 0.4) is 0 Å². The molecule has 0 aliphatic carbocycles. The van der Waals surface area contributed by atoms with Crippen LogP contribution in [0.4, 0.5) is 0 Å². The third-order valence-corrected chi connectivity index (χ3v) is 2.84. The molecule has 3 nitrogen and oxygen atoms in total. The predicted octanol–water partition coefficient (Wildman–Crippen LogP) is 3.74. The maximum atomic E-state index is 11.8. The molecule has 0 aliphatic rings. The van der Waals surface area contributed by atoms with Crippen molar-refractivity contribution in [1.82, 2.24) is 4.98 Å². The van der Waals surface area contributed by atoms with Gasteiger partial charge in [-0.05, 0) is 37.6 Å². The molecule has 0 fully saturated rings. The van der Waals surface area contributed by atoms with E-state index in [2.05, 4.69) is 4.98 Å². The highest BCUT2D eigenvalue weighted by molar-refractivity contribution is 5.93. The molecule has 3 heteroatoms. The van der Waals surface area contributed by atoms with Crippen molar-refractivity contribution in [2.45, 2.75) is 13.8 Å². The zero-order valence-corrected chi connectivity index (χ0v) is 11.7. The zero-order valence-electron chi connectivity index (χ0n) is 11.7. The highest BCUT2D eigenvalue weighted by Crippen LogP contribution is 2.12. The van der Waals surface area contributed by atoms with E-state index < -0.39 is 0 Å². The lowest BCUT2D eigenvalue weighted by Gasteiger charge is -2.04. The number of rotatable bonds is 4. The van der Waals surface area contributed by atoms with Gasteiger partial charge in [0.25, 0.3) is 0 Å². The quantitative estimate of drug-likeness (QED) is 0.792. The van der Waals surface area contributed by atoms with Gasteiger partial charge in [0.05, 0.1) is 17.9 Å². The molecule has 20 heavy (non-hydrogen) atoms. The van der Waals surface area contributed by atoms with E-state index >= 15 is 0 Å². The van der Waals surface area contributed by atoms with E-state index in [1.54, 1.807) is 25.3 Å². The molecule has 0 amide bonds. The third kappa shape index (κ3) is 3.54. The molecule has 2 aromatic rings. The summed E-state index contributed by atoms with van der Waals surface area (Å²) in [4.78, 5) is 16.1. The van der Waals surface area contributed by atoms with E-state index in [0.29, 0.717) is 17.9 Å². The molecular weight excluding hydrogens is 250 g/mol. The number of ether oxygens (including phenoxy) is 1. The van der Waals surface area contributed by atoms with Gasteiger partial charge in [-0.3, -0.25) is 4.98 Å². The molecule has 0 N–H and O–H groups in total. The molecule has 0 spiro atoms. The van der Waals surface area contributed by atoms with Gasteiger partial charge in [0.15, 0.2) is 0 Å². The van der Waals surface area contributed by atoms with Crippen LogP contribution in [0.5, 0.6) is 0 Å². The lowest BCUT2D eigenvalue weighted by molar-refractivity contribution is 0.0525. The number of hydrogen-bond donors (Lipinski definition) is 0. The van der Waals surface area contributed by atoms with Crippen LogP contribution in [-0.4, -0.2) is 17.6 Å². The summed E-state index contributed by atoms with van der Waals surface area (Å²) in [6.07, 6.45) is 5.43. The molecule has 0 bridgehead atoms. The minimum Gasteiger partial charge on any atom is -0.462 e. The summed E-state index contributed by atoms with van der Waals surface area (Å²) in [5.41, 5.74) is 3.38. The van der Waals surface area contributed by atoms with Crippen molar-refractivity contribution in [3.8, 4) is 0 Å². The number of carbonyl (C=O) groups excluding carboxylic acids is 1. The van der Waals surface area contributed by atoms with E-state index in [-0.39, 0.29) is 5.97 Å². The van der Waals surface area contributed by atoms with Crippen molar-refractivity contribution in [2.75, 3.05) is 6.61 Å². The van der Waals surface area contributed by atoms with E-state index in [4.69, 9.17) is 4.74 Å². The zero-order chi connectivity index (χ0) is 14.4. The van der Waals surface area contributed by atoms with Gasteiger partial charge in [0.2, 0.25) is 0 Å². The molecule has 2 rings (SSSR count).